The van der Waals surface area contributed by atoms with E-state index in [0.717, 1.165) is 35.1 Å². The predicted molar refractivity (Wildman–Crippen MR) is 101 cm³/mol. The van der Waals surface area contributed by atoms with Crippen molar-refractivity contribution in [2.45, 2.75) is 23.8 Å². The van der Waals surface area contributed by atoms with Gasteiger partial charge in [0.1, 0.15) is 5.82 Å². The van der Waals surface area contributed by atoms with E-state index in [-0.39, 0.29) is 0 Å². The Morgan fingerprint density at radius 2 is 1.71 bits per heavy atom. The van der Waals surface area contributed by atoms with E-state index in [9.17, 15) is 0 Å². The average Bonchev–Trinajstić information content (AvgIpc) is 2.95. The van der Waals surface area contributed by atoms with Crippen LogP contribution in [0.3, 0.4) is 0 Å². The molecule has 0 amide bonds. The first kappa shape index (κ1) is 17.3. The van der Waals surface area contributed by atoms with Gasteiger partial charge in [-0.3, -0.25) is 0 Å². The van der Waals surface area contributed by atoms with E-state index in [4.69, 9.17) is 23.2 Å². The van der Waals surface area contributed by atoms with Gasteiger partial charge in [-0.1, -0.05) is 71.4 Å². The lowest BCUT2D eigenvalue weighted by molar-refractivity contribution is 0.723. The molecular weight excluding hydrogens is 361 g/mol. The highest BCUT2D eigenvalue weighted by atomic mass is 35.5. The number of benzene rings is 2. The van der Waals surface area contributed by atoms with Crippen LogP contribution >= 0.6 is 35.0 Å². The van der Waals surface area contributed by atoms with E-state index in [0.29, 0.717) is 10.0 Å². The molecule has 0 unspecified atom stereocenters. The van der Waals surface area contributed by atoms with Crippen LogP contribution in [0, 0.1) is 0 Å². The van der Waals surface area contributed by atoms with Gasteiger partial charge in [0.05, 0.1) is 10.0 Å². The first-order valence-corrected chi connectivity index (χ1v) is 9.36. The normalized spacial score (nSPS) is 11.0. The minimum Gasteiger partial charge on any atom is -0.309 e. The monoisotopic (exact) mass is 377 g/mol. The molecule has 0 saturated heterocycles. The zero-order valence-electron chi connectivity index (χ0n) is 13.2. The molecule has 124 valence electrons. The third-order valence-corrected chi connectivity index (χ3v) is 5.59. The van der Waals surface area contributed by atoms with Crippen molar-refractivity contribution in [3.05, 3.63) is 75.5 Å². The minimum atomic E-state index is 0.576. The lowest BCUT2D eigenvalue weighted by atomic mass is 10.1. The molecule has 2 aromatic carbocycles. The average molecular weight is 378 g/mol. The fourth-order valence-corrected chi connectivity index (χ4v) is 3.56. The van der Waals surface area contributed by atoms with Gasteiger partial charge in [-0.2, -0.15) is 0 Å². The molecule has 0 aliphatic heterocycles. The van der Waals surface area contributed by atoms with Crippen LogP contribution in [0.25, 0.3) is 0 Å². The van der Waals surface area contributed by atoms with Crippen molar-refractivity contribution in [1.82, 2.24) is 14.8 Å². The van der Waals surface area contributed by atoms with Gasteiger partial charge in [-0.05, 0) is 29.7 Å². The molecule has 3 nitrogen and oxygen atoms in total. The molecule has 1 heterocycles. The number of hydrogen-bond donors (Lipinski definition) is 0. The minimum absolute atomic E-state index is 0.576. The third-order valence-electron chi connectivity index (χ3n) is 3.76. The van der Waals surface area contributed by atoms with Crippen LogP contribution in [0.5, 0.6) is 0 Å². The summed E-state index contributed by atoms with van der Waals surface area (Å²) in [6, 6.07) is 16.1. The lowest BCUT2D eigenvalue weighted by Gasteiger charge is -2.05. The maximum absolute atomic E-state index is 6.06. The number of rotatable bonds is 6. The number of aryl methyl sites for hydroxylation is 2. The summed E-state index contributed by atoms with van der Waals surface area (Å²) in [5, 5.41) is 10.7. The molecule has 0 fully saturated rings. The Morgan fingerprint density at radius 3 is 2.46 bits per heavy atom. The number of hydrogen-bond acceptors (Lipinski definition) is 3. The SMILES string of the molecule is Cn1c(CCc2ccccc2)nnc1SCc1ccc(Cl)c(Cl)c1. The van der Waals surface area contributed by atoms with Gasteiger partial charge >= 0.3 is 0 Å². The molecule has 6 heteroatoms. The van der Waals surface area contributed by atoms with Crippen molar-refractivity contribution in [2.24, 2.45) is 7.05 Å². The summed E-state index contributed by atoms with van der Waals surface area (Å²) in [5.41, 5.74) is 2.42. The number of aromatic nitrogens is 3. The van der Waals surface area contributed by atoms with E-state index in [1.807, 2.05) is 31.3 Å². The standard InChI is InChI=1S/C18H17Cl2N3S/c1-23-17(10-8-13-5-3-2-4-6-13)21-22-18(23)24-12-14-7-9-15(19)16(20)11-14/h2-7,9,11H,8,10,12H2,1H3. The smallest absolute Gasteiger partial charge is 0.191 e. The van der Waals surface area contributed by atoms with Gasteiger partial charge in [0.2, 0.25) is 0 Å². The largest absolute Gasteiger partial charge is 0.309 e. The van der Waals surface area contributed by atoms with E-state index in [2.05, 4.69) is 39.0 Å². The zero-order chi connectivity index (χ0) is 16.9. The molecule has 24 heavy (non-hydrogen) atoms. The lowest BCUT2D eigenvalue weighted by Crippen LogP contribution is -2.01. The van der Waals surface area contributed by atoms with Gasteiger partial charge in [0, 0.05) is 19.2 Å². The van der Waals surface area contributed by atoms with Crippen LogP contribution in [0.1, 0.15) is 17.0 Å². The summed E-state index contributed by atoms with van der Waals surface area (Å²) >= 11 is 13.6. The van der Waals surface area contributed by atoms with Crippen LogP contribution in [0.15, 0.2) is 53.7 Å². The Balaban J connectivity index is 1.61. The van der Waals surface area contributed by atoms with E-state index in [1.165, 1.54) is 5.56 Å². The molecular formula is C18H17Cl2N3S. The molecule has 3 rings (SSSR count). The maximum atomic E-state index is 6.06. The summed E-state index contributed by atoms with van der Waals surface area (Å²) < 4.78 is 2.06. The van der Waals surface area contributed by atoms with E-state index in [1.54, 1.807) is 11.8 Å². The third kappa shape index (κ3) is 4.32. The highest BCUT2D eigenvalue weighted by Crippen LogP contribution is 2.27. The second-order valence-electron chi connectivity index (χ2n) is 5.48. The molecule has 0 spiro atoms. The molecule has 0 bridgehead atoms. The maximum Gasteiger partial charge on any atom is 0.191 e. The molecule has 0 saturated carbocycles. The van der Waals surface area contributed by atoms with Crippen molar-refractivity contribution in [1.29, 1.82) is 0 Å². The van der Waals surface area contributed by atoms with Gasteiger partial charge in [-0.15, -0.1) is 10.2 Å². The number of nitrogens with zero attached hydrogens (tertiary/aromatic N) is 3. The Kier molecular flexibility index (Phi) is 5.82. The van der Waals surface area contributed by atoms with Crippen LogP contribution in [0.4, 0.5) is 0 Å². The van der Waals surface area contributed by atoms with Crippen molar-refractivity contribution >= 4 is 35.0 Å². The van der Waals surface area contributed by atoms with Gasteiger partial charge < -0.3 is 4.57 Å². The molecule has 1 aromatic heterocycles. The molecule has 0 aliphatic rings. The zero-order valence-corrected chi connectivity index (χ0v) is 15.6. The number of halogens is 2. The van der Waals surface area contributed by atoms with Crippen molar-refractivity contribution < 1.29 is 0 Å². The van der Waals surface area contributed by atoms with Crippen molar-refractivity contribution in [3.63, 3.8) is 0 Å². The van der Waals surface area contributed by atoms with Crippen LogP contribution in [-0.4, -0.2) is 14.8 Å². The first-order chi connectivity index (χ1) is 11.6. The van der Waals surface area contributed by atoms with E-state index >= 15 is 0 Å². The van der Waals surface area contributed by atoms with Gasteiger partial charge in [0.15, 0.2) is 5.16 Å². The van der Waals surface area contributed by atoms with Crippen molar-refractivity contribution in [2.75, 3.05) is 0 Å². The Morgan fingerprint density at radius 1 is 0.917 bits per heavy atom. The summed E-state index contributed by atoms with van der Waals surface area (Å²) in [7, 11) is 2.01. The molecule has 3 aromatic rings. The Labute approximate surface area is 156 Å². The van der Waals surface area contributed by atoms with Crippen molar-refractivity contribution in [3.8, 4) is 0 Å². The number of thioether (sulfide) groups is 1. The Hall–Kier alpha value is -1.49. The highest BCUT2D eigenvalue weighted by molar-refractivity contribution is 7.98. The highest BCUT2D eigenvalue weighted by Gasteiger charge is 2.10. The van der Waals surface area contributed by atoms with Gasteiger partial charge in [-0.25, -0.2) is 0 Å². The Bertz CT molecular complexity index is 818. The quantitative estimate of drug-likeness (QED) is 0.553. The molecule has 0 aliphatic carbocycles. The topological polar surface area (TPSA) is 30.7 Å². The van der Waals surface area contributed by atoms with Crippen LogP contribution < -0.4 is 0 Å². The molecule has 0 N–H and O–H groups in total. The summed E-state index contributed by atoms with van der Waals surface area (Å²) in [4.78, 5) is 0. The second-order valence-corrected chi connectivity index (χ2v) is 7.24. The fourth-order valence-electron chi connectivity index (χ4n) is 2.37. The van der Waals surface area contributed by atoms with E-state index < -0.39 is 0 Å². The first-order valence-electron chi connectivity index (χ1n) is 7.62. The van der Waals surface area contributed by atoms with Crippen LogP contribution in [0.2, 0.25) is 10.0 Å². The van der Waals surface area contributed by atoms with Crippen LogP contribution in [-0.2, 0) is 25.6 Å². The van der Waals surface area contributed by atoms with Gasteiger partial charge in [0.25, 0.3) is 0 Å². The fraction of sp³-hybridized carbons (Fsp3) is 0.222. The second kappa shape index (κ2) is 8.06. The molecule has 0 radical (unpaired) electrons. The predicted octanol–water partition coefficient (Wildman–Crippen LogP) is 5.20. The summed E-state index contributed by atoms with van der Waals surface area (Å²) in [5.74, 6) is 1.78. The molecule has 0 atom stereocenters. The summed E-state index contributed by atoms with van der Waals surface area (Å²) in [6.45, 7) is 0. The summed E-state index contributed by atoms with van der Waals surface area (Å²) in [6.07, 6.45) is 1.84.